The summed E-state index contributed by atoms with van der Waals surface area (Å²) in [5.74, 6) is 0.0898. The number of ether oxygens (including phenoxy) is 1. The van der Waals surface area contributed by atoms with E-state index in [1.54, 1.807) is 18.2 Å². The van der Waals surface area contributed by atoms with Gasteiger partial charge in [-0.2, -0.15) is 0 Å². The number of nitrogens with one attached hydrogen (secondary N) is 1. The number of aromatic nitrogens is 2. The molecule has 1 amide bonds. The maximum atomic E-state index is 12.0. The third-order valence-corrected chi connectivity index (χ3v) is 2.77. The highest BCUT2D eigenvalue weighted by molar-refractivity contribution is 7.80. The van der Waals surface area contributed by atoms with Gasteiger partial charge in [0.15, 0.2) is 0 Å². The Bertz CT molecular complexity index is 646. The third-order valence-electron chi connectivity index (χ3n) is 2.53. The van der Waals surface area contributed by atoms with Crippen molar-refractivity contribution in [3.63, 3.8) is 0 Å². The molecule has 0 fully saturated rings. The number of hydrogen-bond acceptors (Lipinski definition) is 5. The van der Waals surface area contributed by atoms with Crippen LogP contribution in [0.1, 0.15) is 16.1 Å². The fourth-order valence-corrected chi connectivity index (χ4v) is 1.68. The summed E-state index contributed by atoms with van der Waals surface area (Å²) in [6.07, 6.45) is 4.32. The van der Waals surface area contributed by atoms with Crippen molar-refractivity contribution < 1.29 is 9.53 Å². The van der Waals surface area contributed by atoms with Gasteiger partial charge in [0, 0.05) is 18.0 Å². The van der Waals surface area contributed by atoms with E-state index in [4.69, 9.17) is 22.7 Å². The lowest BCUT2D eigenvalue weighted by molar-refractivity contribution is 0.102. The van der Waals surface area contributed by atoms with Gasteiger partial charge in [0.05, 0.1) is 19.0 Å². The molecule has 1 aromatic heterocycles. The van der Waals surface area contributed by atoms with Gasteiger partial charge in [-0.3, -0.25) is 9.78 Å². The minimum absolute atomic E-state index is 0.216. The fourth-order valence-electron chi connectivity index (χ4n) is 1.55. The first-order chi connectivity index (χ1) is 9.61. The number of nitrogens with zero attached hydrogens (tertiary/aromatic N) is 2. The van der Waals surface area contributed by atoms with E-state index in [1.807, 2.05) is 0 Å². The molecule has 1 heterocycles. The second-order valence-corrected chi connectivity index (χ2v) is 4.26. The molecule has 0 aliphatic carbocycles. The van der Waals surface area contributed by atoms with Crippen LogP contribution in [0.5, 0.6) is 5.75 Å². The van der Waals surface area contributed by atoms with E-state index >= 15 is 0 Å². The molecule has 0 spiro atoms. The van der Waals surface area contributed by atoms with Crippen LogP contribution in [0.3, 0.4) is 0 Å². The summed E-state index contributed by atoms with van der Waals surface area (Å²) in [4.78, 5) is 20.0. The SMILES string of the molecule is COc1cc(C(N)=S)ccc1NC(=O)c1cnccn1. The van der Waals surface area contributed by atoms with Crippen LogP contribution in [-0.2, 0) is 0 Å². The lowest BCUT2D eigenvalue weighted by Crippen LogP contribution is -2.15. The van der Waals surface area contributed by atoms with Crippen molar-refractivity contribution in [2.24, 2.45) is 5.73 Å². The van der Waals surface area contributed by atoms with E-state index < -0.39 is 0 Å². The fraction of sp³-hybridized carbons (Fsp3) is 0.0769. The number of carbonyl (C=O) groups excluding carboxylic acids is 1. The van der Waals surface area contributed by atoms with E-state index in [2.05, 4.69) is 15.3 Å². The average molecular weight is 288 g/mol. The standard InChI is InChI=1S/C13H12N4O2S/c1-19-11-6-8(12(14)20)2-3-9(11)17-13(18)10-7-15-4-5-16-10/h2-7H,1H3,(H2,14,20)(H,17,18). The molecule has 20 heavy (non-hydrogen) atoms. The largest absolute Gasteiger partial charge is 0.495 e. The quantitative estimate of drug-likeness (QED) is 0.826. The van der Waals surface area contributed by atoms with Crippen LogP contribution in [0.15, 0.2) is 36.8 Å². The van der Waals surface area contributed by atoms with Crippen molar-refractivity contribution in [3.05, 3.63) is 48.0 Å². The van der Waals surface area contributed by atoms with E-state index in [1.165, 1.54) is 25.7 Å². The number of hydrogen-bond donors (Lipinski definition) is 2. The van der Waals surface area contributed by atoms with Gasteiger partial charge < -0.3 is 15.8 Å². The molecule has 2 aromatic rings. The molecule has 6 nitrogen and oxygen atoms in total. The maximum absolute atomic E-state index is 12.0. The van der Waals surface area contributed by atoms with Gasteiger partial charge in [0.2, 0.25) is 0 Å². The Balaban J connectivity index is 2.25. The molecule has 3 N–H and O–H groups in total. The second-order valence-electron chi connectivity index (χ2n) is 3.82. The van der Waals surface area contributed by atoms with Gasteiger partial charge in [-0.1, -0.05) is 12.2 Å². The summed E-state index contributed by atoms with van der Waals surface area (Å²) in [5.41, 5.74) is 6.93. The van der Waals surface area contributed by atoms with Crippen molar-refractivity contribution >= 4 is 28.8 Å². The number of benzene rings is 1. The summed E-state index contributed by atoms with van der Waals surface area (Å²) in [5, 5.41) is 2.69. The first-order valence-corrected chi connectivity index (χ1v) is 6.08. The number of anilines is 1. The Labute approximate surface area is 121 Å². The Hall–Kier alpha value is -2.54. The third kappa shape index (κ3) is 3.07. The predicted octanol–water partition coefficient (Wildman–Crippen LogP) is 1.37. The van der Waals surface area contributed by atoms with Crippen LogP contribution >= 0.6 is 12.2 Å². The molecule has 0 atom stereocenters. The van der Waals surface area contributed by atoms with Gasteiger partial charge in [-0.15, -0.1) is 0 Å². The second kappa shape index (κ2) is 6.07. The highest BCUT2D eigenvalue weighted by atomic mass is 32.1. The van der Waals surface area contributed by atoms with Crippen LogP contribution in [0.4, 0.5) is 5.69 Å². The van der Waals surface area contributed by atoms with Crippen molar-refractivity contribution in [1.82, 2.24) is 9.97 Å². The van der Waals surface area contributed by atoms with E-state index in [0.717, 1.165) is 0 Å². The van der Waals surface area contributed by atoms with Gasteiger partial charge in [0.25, 0.3) is 5.91 Å². The summed E-state index contributed by atoms with van der Waals surface area (Å²) in [6, 6.07) is 5.04. The van der Waals surface area contributed by atoms with Crippen LogP contribution in [0.25, 0.3) is 0 Å². The monoisotopic (exact) mass is 288 g/mol. The van der Waals surface area contributed by atoms with Crippen LogP contribution < -0.4 is 15.8 Å². The summed E-state index contributed by atoms with van der Waals surface area (Å²) < 4.78 is 5.21. The summed E-state index contributed by atoms with van der Waals surface area (Å²) in [6.45, 7) is 0. The molecule has 102 valence electrons. The first-order valence-electron chi connectivity index (χ1n) is 5.67. The molecule has 7 heteroatoms. The Morgan fingerprint density at radius 2 is 2.20 bits per heavy atom. The zero-order chi connectivity index (χ0) is 14.5. The Morgan fingerprint density at radius 1 is 1.40 bits per heavy atom. The smallest absolute Gasteiger partial charge is 0.275 e. The molecule has 0 saturated carbocycles. The highest BCUT2D eigenvalue weighted by Crippen LogP contribution is 2.25. The molecular formula is C13H12N4O2S. The molecule has 0 saturated heterocycles. The van der Waals surface area contributed by atoms with E-state index in [9.17, 15) is 4.79 Å². The number of carbonyl (C=O) groups is 1. The highest BCUT2D eigenvalue weighted by Gasteiger charge is 2.12. The molecule has 0 radical (unpaired) electrons. The summed E-state index contributed by atoms with van der Waals surface area (Å²) in [7, 11) is 1.50. The zero-order valence-corrected chi connectivity index (χ0v) is 11.5. The first kappa shape index (κ1) is 13.9. The molecule has 2 rings (SSSR count). The van der Waals surface area contributed by atoms with Crippen molar-refractivity contribution in [2.75, 3.05) is 12.4 Å². The molecule has 0 aliphatic rings. The number of rotatable bonds is 4. The van der Waals surface area contributed by atoms with Gasteiger partial charge in [0.1, 0.15) is 16.4 Å². The average Bonchev–Trinajstić information content (AvgIpc) is 2.48. The molecule has 0 unspecified atom stereocenters. The lowest BCUT2D eigenvalue weighted by atomic mass is 10.2. The van der Waals surface area contributed by atoms with Crippen LogP contribution in [0.2, 0.25) is 0 Å². The van der Waals surface area contributed by atoms with Gasteiger partial charge in [-0.05, 0) is 18.2 Å². The topological polar surface area (TPSA) is 90.1 Å². The van der Waals surface area contributed by atoms with Crippen molar-refractivity contribution in [1.29, 1.82) is 0 Å². The van der Waals surface area contributed by atoms with Crippen LogP contribution in [-0.4, -0.2) is 28.0 Å². The molecule has 1 aromatic carbocycles. The van der Waals surface area contributed by atoms with E-state index in [0.29, 0.717) is 17.0 Å². The number of nitrogens with two attached hydrogens (primary N) is 1. The Kier molecular flexibility index (Phi) is 4.21. The van der Waals surface area contributed by atoms with Crippen LogP contribution in [0, 0.1) is 0 Å². The van der Waals surface area contributed by atoms with Crippen molar-refractivity contribution in [2.45, 2.75) is 0 Å². The zero-order valence-electron chi connectivity index (χ0n) is 10.7. The molecular weight excluding hydrogens is 276 g/mol. The van der Waals surface area contributed by atoms with Gasteiger partial charge in [-0.25, -0.2) is 4.98 Å². The number of amides is 1. The Morgan fingerprint density at radius 3 is 2.80 bits per heavy atom. The minimum atomic E-state index is -0.375. The lowest BCUT2D eigenvalue weighted by Gasteiger charge is -2.11. The van der Waals surface area contributed by atoms with Gasteiger partial charge >= 0.3 is 0 Å². The van der Waals surface area contributed by atoms with Crippen molar-refractivity contribution in [3.8, 4) is 5.75 Å². The maximum Gasteiger partial charge on any atom is 0.275 e. The molecule has 0 aliphatic heterocycles. The normalized spacial score (nSPS) is 9.85. The van der Waals surface area contributed by atoms with E-state index in [-0.39, 0.29) is 16.6 Å². The number of methoxy groups -OCH3 is 1. The predicted molar refractivity (Wildman–Crippen MR) is 78.9 cm³/mol. The minimum Gasteiger partial charge on any atom is -0.495 e. The molecule has 0 bridgehead atoms. The summed E-state index contributed by atoms with van der Waals surface area (Å²) >= 11 is 4.89. The number of thiocarbonyl (C=S) groups is 1.